The van der Waals surface area contributed by atoms with E-state index in [1.165, 1.54) is 11.3 Å². The van der Waals surface area contributed by atoms with E-state index in [4.69, 9.17) is 0 Å². The number of carbonyl (C=O) groups excluding carboxylic acids is 2. The monoisotopic (exact) mass is 486 g/mol. The lowest BCUT2D eigenvalue weighted by Crippen LogP contribution is -2.50. The van der Waals surface area contributed by atoms with E-state index in [0.717, 1.165) is 15.9 Å². The summed E-state index contributed by atoms with van der Waals surface area (Å²) in [4.78, 5) is 33.3. The summed E-state index contributed by atoms with van der Waals surface area (Å²) < 4.78 is 28.0. The van der Waals surface area contributed by atoms with E-state index in [1.54, 1.807) is 4.90 Å². The Morgan fingerprint density at radius 3 is 2.30 bits per heavy atom. The van der Waals surface area contributed by atoms with Gasteiger partial charge in [0.1, 0.15) is 11.5 Å². The number of amides is 2. The molecule has 0 spiro atoms. The normalized spacial score (nSPS) is 15.2. The van der Waals surface area contributed by atoms with Gasteiger partial charge in [0, 0.05) is 38.4 Å². The zero-order valence-electron chi connectivity index (χ0n) is 18.4. The van der Waals surface area contributed by atoms with Crippen LogP contribution < -0.4 is 9.70 Å². The van der Waals surface area contributed by atoms with Gasteiger partial charge < -0.3 is 14.4 Å². The quantitative estimate of drug-likeness (QED) is 0.531. The second-order valence-corrected chi connectivity index (χ2v) is 10.9. The van der Waals surface area contributed by atoms with Gasteiger partial charge in [0.15, 0.2) is 14.6 Å². The van der Waals surface area contributed by atoms with Crippen LogP contribution in [0.4, 0.5) is 5.69 Å². The van der Waals surface area contributed by atoms with Gasteiger partial charge in [-0.05, 0) is 31.2 Å². The number of benzene rings is 2. The van der Waals surface area contributed by atoms with Crippen molar-refractivity contribution >= 4 is 48.9 Å². The van der Waals surface area contributed by atoms with Gasteiger partial charge in [0.05, 0.1) is 10.2 Å². The number of piperazine rings is 1. The molecule has 2 heterocycles. The maximum Gasteiger partial charge on any atom is 0.263 e. The first-order valence-corrected chi connectivity index (χ1v) is 13.4. The summed E-state index contributed by atoms with van der Waals surface area (Å²) in [5.41, 5.74) is 2.03. The van der Waals surface area contributed by atoms with Gasteiger partial charge >= 0.3 is 0 Å². The number of nitrogens with zero attached hydrogens (tertiary/aromatic N) is 4. The van der Waals surface area contributed by atoms with Gasteiger partial charge in [0.2, 0.25) is 5.91 Å². The van der Waals surface area contributed by atoms with Crippen LogP contribution in [0.1, 0.15) is 6.92 Å². The molecule has 8 nitrogen and oxygen atoms in total. The van der Waals surface area contributed by atoms with Crippen molar-refractivity contribution in [3.63, 3.8) is 0 Å². The fourth-order valence-electron chi connectivity index (χ4n) is 3.92. The predicted molar refractivity (Wildman–Crippen MR) is 130 cm³/mol. The molecular weight excluding hydrogens is 460 g/mol. The molecule has 1 fully saturated rings. The van der Waals surface area contributed by atoms with Crippen molar-refractivity contribution in [3.8, 4) is 0 Å². The maximum atomic E-state index is 12.6. The van der Waals surface area contributed by atoms with Gasteiger partial charge in [-0.15, -0.1) is 0 Å². The summed E-state index contributed by atoms with van der Waals surface area (Å²) in [7, 11) is -3.92. The molecule has 0 saturated carbocycles. The molecule has 1 aromatic heterocycles. The molecule has 1 aliphatic rings. The average molecular weight is 487 g/mol. The van der Waals surface area contributed by atoms with Crippen molar-refractivity contribution in [2.45, 2.75) is 13.5 Å². The van der Waals surface area contributed by atoms with Gasteiger partial charge in [-0.25, -0.2) is 8.42 Å². The first-order chi connectivity index (χ1) is 15.9. The molecule has 10 heteroatoms. The molecule has 0 unspecified atom stereocenters. The van der Waals surface area contributed by atoms with Crippen LogP contribution in [-0.2, 0) is 26.0 Å². The molecule has 0 radical (unpaired) electrons. The molecule has 4 rings (SSSR count). The van der Waals surface area contributed by atoms with E-state index in [-0.39, 0.29) is 0 Å². The maximum absolute atomic E-state index is 12.6. The van der Waals surface area contributed by atoms with E-state index < -0.39 is 33.2 Å². The Hall–Kier alpha value is -2.98. The van der Waals surface area contributed by atoms with Crippen molar-refractivity contribution < 1.29 is 18.0 Å². The number of fused-ring (bicyclic) bond motifs is 1. The van der Waals surface area contributed by atoms with E-state index >= 15 is 0 Å². The first-order valence-electron chi connectivity index (χ1n) is 10.8. The van der Waals surface area contributed by atoms with E-state index in [9.17, 15) is 18.0 Å². The number of aromatic nitrogens is 1. The van der Waals surface area contributed by atoms with Gasteiger partial charge in [0.25, 0.3) is 5.91 Å². The van der Waals surface area contributed by atoms with Crippen LogP contribution >= 0.6 is 11.3 Å². The Kier molecular flexibility index (Phi) is 6.94. The van der Waals surface area contributed by atoms with Crippen LogP contribution in [0.3, 0.4) is 0 Å². The lowest BCUT2D eigenvalue weighted by atomic mass is 10.2. The SMILES string of the molecule is CCn1c(=NC(=O)CS(=O)(=O)CC(=O)N2CCN(c3ccccc3)CC2)sc2ccccc21. The highest BCUT2D eigenvalue weighted by atomic mass is 32.2. The molecule has 0 aliphatic carbocycles. The number of sulfone groups is 1. The van der Waals surface area contributed by atoms with Crippen molar-refractivity contribution in [3.05, 3.63) is 59.4 Å². The third-order valence-electron chi connectivity index (χ3n) is 5.57. The topological polar surface area (TPSA) is 92.0 Å². The summed E-state index contributed by atoms with van der Waals surface area (Å²) in [6.45, 7) is 4.70. The predicted octanol–water partition coefficient (Wildman–Crippen LogP) is 1.91. The van der Waals surface area contributed by atoms with Crippen molar-refractivity contribution in [1.82, 2.24) is 9.47 Å². The number of thiazole rings is 1. The van der Waals surface area contributed by atoms with E-state index in [1.807, 2.05) is 66.1 Å². The summed E-state index contributed by atoms with van der Waals surface area (Å²) in [5.74, 6) is -2.69. The Morgan fingerprint density at radius 1 is 0.939 bits per heavy atom. The molecule has 1 aliphatic heterocycles. The van der Waals surface area contributed by atoms with Crippen molar-refractivity contribution in [2.75, 3.05) is 42.6 Å². The molecule has 3 aromatic rings. The van der Waals surface area contributed by atoms with Gasteiger partial charge in [-0.3, -0.25) is 9.59 Å². The van der Waals surface area contributed by atoms with Crippen molar-refractivity contribution in [1.29, 1.82) is 0 Å². The van der Waals surface area contributed by atoms with E-state index in [0.29, 0.717) is 37.5 Å². The highest BCUT2D eigenvalue weighted by Gasteiger charge is 2.27. The third-order valence-corrected chi connectivity index (χ3v) is 8.00. The van der Waals surface area contributed by atoms with Gasteiger partial charge in [-0.1, -0.05) is 41.7 Å². The molecule has 33 heavy (non-hydrogen) atoms. The molecule has 2 amide bonds. The number of hydrogen-bond acceptors (Lipinski definition) is 6. The molecule has 174 valence electrons. The molecular formula is C23H26N4O4S2. The first kappa shape index (κ1) is 23.2. The highest BCUT2D eigenvalue weighted by molar-refractivity contribution is 7.92. The fourth-order valence-corrected chi connectivity index (χ4v) is 6.14. The average Bonchev–Trinajstić information content (AvgIpc) is 3.15. The standard InChI is InChI=1S/C23H26N4O4S2/c1-2-27-19-10-6-7-11-20(19)32-23(27)24-21(28)16-33(30,31)17-22(29)26-14-12-25(13-15-26)18-8-4-3-5-9-18/h3-11H,2,12-17H2,1H3. The van der Waals surface area contributed by atoms with E-state index in [2.05, 4.69) is 9.89 Å². The second kappa shape index (κ2) is 9.88. The zero-order chi connectivity index (χ0) is 23.4. The van der Waals surface area contributed by atoms with Crippen molar-refractivity contribution in [2.24, 2.45) is 4.99 Å². The number of rotatable bonds is 6. The van der Waals surface area contributed by atoms with Crippen LogP contribution in [-0.4, -0.2) is 67.4 Å². The minimum absolute atomic E-state index is 0.444. The van der Waals surface area contributed by atoms with Crippen LogP contribution in [0.2, 0.25) is 0 Å². The third kappa shape index (κ3) is 5.51. The zero-order valence-corrected chi connectivity index (χ0v) is 20.0. The molecule has 0 atom stereocenters. The minimum Gasteiger partial charge on any atom is -0.368 e. The Balaban J connectivity index is 1.38. The van der Waals surface area contributed by atoms with Gasteiger partial charge in [-0.2, -0.15) is 4.99 Å². The highest BCUT2D eigenvalue weighted by Crippen LogP contribution is 2.17. The summed E-state index contributed by atoms with van der Waals surface area (Å²) in [6.07, 6.45) is 0. The Bertz CT molecular complexity index is 1320. The summed E-state index contributed by atoms with van der Waals surface area (Å²) in [5, 5.41) is 0. The summed E-state index contributed by atoms with van der Waals surface area (Å²) in [6, 6.07) is 17.6. The van der Waals surface area contributed by atoms with Crippen LogP contribution in [0.15, 0.2) is 59.6 Å². The molecule has 0 N–H and O–H groups in total. The lowest BCUT2D eigenvalue weighted by Gasteiger charge is -2.36. The molecule has 2 aromatic carbocycles. The largest absolute Gasteiger partial charge is 0.368 e. The second-order valence-electron chi connectivity index (χ2n) is 7.84. The lowest BCUT2D eigenvalue weighted by molar-refractivity contribution is -0.128. The molecule has 1 saturated heterocycles. The Morgan fingerprint density at radius 2 is 1.61 bits per heavy atom. The fraction of sp³-hybridized carbons (Fsp3) is 0.348. The summed E-state index contributed by atoms with van der Waals surface area (Å²) >= 11 is 1.34. The number of carbonyl (C=O) groups is 2. The number of hydrogen-bond donors (Lipinski definition) is 0. The Labute approximate surface area is 196 Å². The van der Waals surface area contributed by atoms with Crippen LogP contribution in [0.25, 0.3) is 10.2 Å². The minimum atomic E-state index is -3.92. The number of anilines is 1. The van der Waals surface area contributed by atoms with Crippen LogP contribution in [0.5, 0.6) is 0 Å². The molecule has 0 bridgehead atoms. The van der Waals surface area contributed by atoms with Crippen LogP contribution in [0, 0.1) is 0 Å². The number of para-hydroxylation sites is 2. The smallest absolute Gasteiger partial charge is 0.263 e. The number of aryl methyl sites for hydroxylation is 1.